The summed E-state index contributed by atoms with van der Waals surface area (Å²) < 4.78 is 11.2. The molecule has 0 saturated heterocycles. The zero-order valence-corrected chi connectivity index (χ0v) is 12.3. The average molecular weight is 288 g/mol. The molecular weight excluding hydrogens is 272 g/mol. The first-order valence-corrected chi connectivity index (χ1v) is 6.95. The quantitative estimate of drug-likeness (QED) is 0.871. The van der Waals surface area contributed by atoms with Crippen LogP contribution < -0.4 is 9.47 Å². The minimum atomic E-state index is 0.603. The van der Waals surface area contributed by atoms with Gasteiger partial charge in [-0.3, -0.25) is 0 Å². The van der Waals surface area contributed by atoms with E-state index in [1.54, 1.807) is 14.2 Å². The topological polar surface area (TPSA) is 47.1 Å². The Bertz CT molecular complexity index is 670. The lowest BCUT2D eigenvalue weighted by Gasteiger charge is -2.09. The Morgan fingerprint density at radius 2 is 1.75 bits per heavy atom. The van der Waals surface area contributed by atoms with Gasteiger partial charge in [-0.15, -0.1) is 0 Å². The summed E-state index contributed by atoms with van der Waals surface area (Å²) in [6.07, 6.45) is 2.44. The van der Waals surface area contributed by atoms with Crippen LogP contribution in [0.4, 0.5) is 0 Å². The van der Waals surface area contributed by atoms with Crippen molar-refractivity contribution < 1.29 is 9.47 Å². The molecule has 0 atom stereocenters. The fourth-order valence-electron chi connectivity index (χ4n) is 2.17. The second kappa shape index (κ2) is 5.25. The first-order chi connectivity index (χ1) is 9.69. The van der Waals surface area contributed by atoms with Gasteiger partial charge in [0.25, 0.3) is 0 Å². The molecule has 3 rings (SSSR count). The van der Waals surface area contributed by atoms with Crippen molar-refractivity contribution in [2.45, 2.75) is 18.8 Å². The summed E-state index contributed by atoms with van der Waals surface area (Å²) in [6, 6.07) is 7.64. The van der Waals surface area contributed by atoms with Gasteiger partial charge in [0.1, 0.15) is 22.0 Å². The number of nitrogens with one attached hydrogen (secondary N) is 1. The van der Waals surface area contributed by atoms with E-state index in [9.17, 15) is 0 Å². The number of H-pyrrole nitrogens is 1. The van der Waals surface area contributed by atoms with Crippen LogP contribution in [0.5, 0.6) is 11.5 Å². The molecule has 0 spiro atoms. The van der Waals surface area contributed by atoms with Crippen molar-refractivity contribution in [2.75, 3.05) is 14.2 Å². The van der Waals surface area contributed by atoms with Crippen molar-refractivity contribution in [1.82, 2.24) is 9.97 Å². The maximum absolute atomic E-state index is 5.29. The number of hydrogen-bond acceptors (Lipinski definition) is 4. The molecule has 1 aliphatic rings. The normalized spacial score (nSPS) is 14.1. The van der Waals surface area contributed by atoms with Gasteiger partial charge < -0.3 is 14.5 Å². The molecule has 1 aliphatic carbocycles. The molecule has 0 radical (unpaired) electrons. The van der Waals surface area contributed by atoms with E-state index in [0.717, 1.165) is 22.9 Å². The zero-order valence-electron chi connectivity index (χ0n) is 11.5. The molecule has 5 heteroatoms. The van der Waals surface area contributed by atoms with Crippen molar-refractivity contribution >= 4 is 12.2 Å². The number of aromatic nitrogens is 2. The Hall–Kier alpha value is -1.88. The highest BCUT2D eigenvalue weighted by atomic mass is 32.1. The predicted molar refractivity (Wildman–Crippen MR) is 79.9 cm³/mol. The Morgan fingerprint density at radius 1 is 1.10 bits per heavy atom. The maximum Gasteiger partial charge on any atom is 0.139 e. The lowest BCUT2D eigenvalue weighted by Crippen LogP contribution is -1.96. The van der Waals surface area contributed by atoms with Gasteiger partial charge in [-0.2, -0.15) is 0 Å². The first-order valence-electron chi connectivity index (χ1n) is 6.54. The second-order valence-electron chi connectivity index (χ2n) is 4.90. The minimum absolute atomic E-state index is 0.603. The van der Waals surface area contributed by atoms with Gasteiger partial charge in [0, 0.05) is 17.3 Å². The molecular formula is C15H16N2O2S. The number of hydrogen-bond donors (Lipinski definition) is 1. The van der Waals surface area contributed by atoms with Crippen LogP contribution in [-0.2, 0) is 0 Å². The highest BCUT2D eigenvalue weighted by Crippen LogP contribution is 2.39. The molecule has 0 unspecified atom stereocenters. The molecule has 4 nitrogen and oxygen atoms in total. The van der Waals surface area contributed by atoms with E-state index in [1.165, 1.54) is 18.5 Å². The molecule has 1 aromatic heterocycles. The second-order valence-corrected chi connectivity index (χ2v) is 5.32. The monoisotopic (exact) mass is 288 g/mol. The van der Waals surface area contributed by atoms with Gasteiger partial charge in [0.05, 0.1) is 14.2 Å². The lowest BCUT2D eigenvalue weighted by atomic mass is 10.1. The average Bonchev–Trinajstić information content (AvgIpc) is 3.30. The Balaban J connectivity index is 2.09. The number of ether oxygens (including phenoxy) is 2. The molecule has 0 bridgehead atoms. The van der Waals surface area contributed by atoms with E-state index in [4.69, 9.17) is 21.7 Å². The predicted octanol–water partition coefficient (Wildman–Crippen LogP) is 3.70. The van der Waals surface area contributed by atoms with Crippen LogP contribution >= 0.6 is 12.2 Å². The summed E-state index contributed by atoms with van der Waals surface area (Å²) in [7, 11) is 3.27. The SMILES string of the molecule is COc1cc(OC)cc(-c2nc(=S)cc(C3CC3)[nH]2)c1. The summed E-state index contributed by atoms with van der Waals surface area (Å²) in [5.74, 6) is 2.83. The Morgan fingerprint density at radius 3 is 2.30 bits per heavy atom. The van der Waals surface area contributed by atoms with Crippen LogP contribution in [0.1, 0.15) is 24.5 Å². The number of aromatic amines is 1. The van der Waals surface area contributed by atoms with Crippen LogP contribution in [-0.4, -0.2) is 24.2 Å². The number of nitrogens with zero attached hydrogens (tertiary/aromatic N) is 1. The Labute approximate surface area is 122 Å². The van der Waals surface area contributed by atoms with Crippen molar-refractivity contribution in [3.63, 3.8) is 0 Å². The standard InChI is InChI=1S/C15H16N2O2S/c1-18-11-5-10(6-12(7-11)19-2)15-16-13(9-3-4-9)8-14(20)17-15/h5-9H,3-4H2,1-2H3,(H,16,17,20). The summed E-state index contributed by atoms with van der Waals surface area (Å²) in [5.41, 5.74) is 2.08. The molecule has 0 amide bonds. The van der Waals surface area contributed by atoms with Crippen LogP contribution in [0, 0.1) is 4.64 Å². The van der Waals surface area contributed by atoms with Gasteiger partial charge in [-0.05, 0) is 37.0 Å². The van der Waals surface area contributed by atoms with Crippen LogP contribution in [0.25, 0.3) is 11.4 Å². The highest BCUT2D eigenvalue weighted by molar-refractivity contribution is 7.71. The molecule has 1 saturated carbocycles. The molecule has 1 heterocycles. The maximum atomic E-state index is 5.29. The van der Waals surface area contributed by atoms with E-state index < -0.39 is 0 Å². The lowest BCUT2D eigenvalue weighted by molar-refractivity contribution is 0.394. The molecule has 1 fully saturated rings. The van der Waals surface area contributed by atoms with Gasteiger partial charge >= 0.3 is 0 Å². The molecule has 0 aliphatic heterocycles. The van der Waals surface area contributed by atoms with Crippen molar-refractivity contribution in [3.05, 3.63) is 34.6 Å². The van der Waals surface area contributed by atoms with E-state index in [-0.39, 0.29) is 0 Å². The highest BCUT2D eigenvalue weighted by Gasteiger charge is 2.25. The number of benzene rings is 1. The van der Waals surface area contributed by atoms with Gasteiger partial charge in [0.2, 0.25) is 0 Å². The van der Waals surface area contributed by atoms with E-state index in [0.29, 0.717) is 10.6 Å². The van der Waals surface area contributed by atoms with Gasteiger partial charge in [-0.1, -0.05) is 12.2 Å². The third-order valence-electron chi connectivity index (χ3n) is 3.41. The minimum Gasteiger partial charge on any atom is -0.497 e. The fourth-order valence-corrected chi connectivity index (χ4v) is 2.39. The van der Waals surface area contributed by atoms with Crippen LogP contribution in [0.2, 0.25) is 0 Å². The van der Waals surface area contributed by atoms with Gasteiger partial charge in [0.15, 0.2) is 0 Å². The van der Waals surface area contributed by atoms with Gasteiger partial charge in [-0.25, -0.2) is 4.98 Å². The molecule has 20 heavy (non-hydrogen) atoms. The van der Waals surface area contributed by atoms with E-state index in [2.05, 4.69) is 9.97 Å². The fraction of sp³-hybridized carbons (Fsp3) is 0.333. The van der Waals surface area contributed by atoms with E-state index >= 15 is 0 Å². The van der Waals surface area contributed by atoms with Crippen LogP contribution in [0.3, 0.4) is 0 Å². The van der Waals surface area contributed by atoms with Crippen molar-refractivity contribution in [1.29, 1.82) is 0 Å². The summed E-state index contributed by atoms with van der Waals surface area (Å²) >= 11 is 5.26. The van der Waals surface area contributed by atoms with Crippen molar-refractivity contribution in [2.24, 2.45) is 0 Å². The van der Waals surface area contributed by atoms with Crippen molar-refractivity contribution in [3.8, 4) is 22.9 Å². The summed E-state index contributed by atoms with van der Waals surface area (Å²) in [4.78, 5) is 7.79. The zero-order chi connectivity index (χ0) is 14.1. The Kier molecular flexibility index (Phi) is 3.44. The molecule has 2 aromatic rings. The smallest absolute Gasteiger partial charge is 0.139 e. The summed E-state index contributed by atoms with van der Waals surface area (Å²) in [5, 5.41) is 0. The van der Waals surface area contributed by atoms with Crippen LogP contribution in [0.15, 0.2) is 24.3 Å². The largest absolute Gasteiger partial charge is 0.497 e. The molecule has 1 aromatic carbocycles. The molecule has 104 valence electrons. The number of rotatable bonds is 4. The first kappa shape index (κ1) is 13.1. The number of methoxy groups -OCH3 is 2. The summed E-state index contributed by atoms with van der Waals surface area (Å²) in [6.45, 7) is 0. The third-order valence-corrected chi connectivity index (χ3v) is 3.61. The molecule has 1 N–H and O–H groups in total. The van der Waals surface area contributed by atoms with E-state index in [1.807, 2.05) is 24.3 Å². The third kappa shape index (κ3) is 2.67.